The molecule has 2 fully saturated rings. The smallest absolute Gasteiger partial charge is 0.254 e. The molecule has 1 saturated heterocycles. The molecule has 3 nitrogen and oxygen atoms in total. The zero-order chi connectivity index (χ0) is 17.7. The highest BCUT2D eigenvalue weighted by Crippen LogP contribution is 2.52. The SMILES string of the molecule is CC1(C)C[C@@H]2C[C@@](C)(CN2C(=O)c2cccc(-c3ccncc3)c2)C1. The molecule has 4 rings (SSSR count). The van der Waals surface area contributed by atoms with Gasteiger partial charge in [0.05, 0.1) is 0 Å². The van der Waals surface area contributed by atoms with Crippen molar-refractivity contribution in [3.8, 4) is 11.1 Å². The highest BCUT2D eigenvalue weighted by Gasteiger charge is 2.50. The molecule has 130 valence electrons. The first-order valence-corrected chi connectivity index (χ1v) is 9.17. The van der Waals surface area contributed by atoms with Crippen molar-refractivity contribution in [1.82, 2.24) is 9.88 Å². The Morgan fingerprint density at radius 3 is 2.60 bits per heavy atom. The number of amides is 1. The number of carbonyl (C=O) groups excluding carboxylic acids is 1. The van der Waals surface area contributed by atoms with Crippen molar-refractivity contribution in [2.45, 2.75) is 46.1 Å². The number of likely N-dealkylation sites (tertiary alicyclic amines) is 1. The highest BCUT2D eigenvalue weighted by molar-refractivity contribution is 5.96. The second kappa shape index (κ2) is 5.69. The first-order chi connectivity index (χ1) is 11.9. The van der Waals surface area contributed by atoms with Crippen LogP contribution in [0.1, 0.15) is 50.4 Å². The van der Waals surface area contributed by atoms with Gasteiger partial charge in [-0.3, -0.25) is 9.78 Å². The summed E-state index contributed by atoms with van der Waals surface area (Å²) < 4.78 is 0. The third kappa shape index (κ3) is 3.08. The lowest BCUT2D eigenvalue weighted by Crippen LogP contribution is -2.37. The van der Waals surface area contributed by atoms with Crippen LogP contribution in [0, 0.1) is 10.8 Å². The zero-order valence-electron chi connectivity index (χ0n) is 15.3. The van der Waals surface area contributed by atoms with Crippen LogP contribution < -0.4 is 0 Å². The van der Waals surface area contributed by atoms with Gasteiger partial charge >= 0.3 is 0 Å². The number of aromatic nitrogens is 1. The Labute approximate surface area is 150 Å². The van der Waals surface area contributed by atoms with Gasteiger partial charge in [0.1, 0.15) is 0 Å². The van der Waals surface area contributed by atoms with E-state index in [1.807, 2.05) is 30.3 Å². The van der Waals surface area contributed by atoms with Crippen molar-refractivity contribution in [1.29, 1.82) is 0 Å². The summed E-state index contributed by atoms with van der Waals surface area (Å²) in [5.74, 6) is 0.183. The minimum Gasteiger partial charge on any atom is -0.335 e. The van der Waals surface area contributed by atoms with Gasteiger partial charge in [-0.05, 0) is 65.5 Å². The Kier molecular flexibility index (Phi) is 3.71. The summed E-state index contributed by atoms with van der Waals surface area (Å²) in [6, 6.07) is 12.4. The zero-order valence-corrected chi connectivity index (χ0v) is 15.3. The van der Waals surface area contributed by atoms with E-state index >= 15 is 0 Å². The average molecular weight is 334 g/mol. The molecule has 1 aliphatic heterocycles. The molecule has 1 aliphatic carbocycles. The Hall–Kier alpha value is -2.16. The third-order valence-electron chi connectivity index (χ3n) is 5.80. The van der Waals surface area contributed by atoms with Crippen LogP contribution in [-0.4, -0.2) is 28.4 Å². The van der Waals surface area contributed by atoms with Crippen molar-refractivity contribution in [3.05, 3.63) is 54.4 Å². The standard InChI is InChI=1S/C22H26N2O/c1-21(2)12-19-13-22(3,14-21)15-24(19)20(25)18-6-4-5-17(11-18)16-7-9-23-10-8-16/h4-11,19H,12-15H2,1-3H3/t19-,22-/m1/s1. The summed E-state index contributed by atoms with van der Waals surface area (Å²) >= 11 is 0. The van der Waals surface area contributed by atoms with Gasteiger partial charge in [-0.1, -0.05) is 32.9 Å². The van der Waals surface area contributed by atoms with Crippen LogP contribution in [-0.2, 0) is 0 Å². The van der Waals surface area contributed by atoms with Crippen LogP contribution in [0.3, 0.4) is 0 Å². The van der Waals surface area contributed by atoms with Crippen molar-refractivity contribution in [2.24, 2.45) is 10.8 Å². The molecular formula is C22H26N2O. The van der Waals surface area contributed by atoms with Crippen LogP contribution in [0.5, 0.6) is 0 Å². The lowest BCUT2D eigenvalue weighted by Gasteiger charge is -2.39. The Bertz CT molecular complexity index is 799. The number of carbonyl (C=O) groups is 1. The molecule has 0 N–H and O–H groups in total. The molecule has 2 aliphatic rings. The summed E-state index contributed by atoms with van der Waals surface area (Å²) in [5.41, 5.74) is 3.55. The molecule has 0 spiro atoms. The van der Waals surface area contributed by atoms with Crippen molar-refractivity contribution >= 4 is 5.91 Å². The molecule has 0 unspecified atom stereocenters. The van der Waals surface area contributed by atoms with E-state index in [0.29, 0.717) is 11.5 Å². The predicted octanol–water partition coefficient (Wildman–Crippen LogP) is 4.79. The largest absolute Gasteiger partial charge is 0.335 e. The molecule has 25 heavy (non-hydrogen) atoms. The molecule has 2 atom stereocenters. The number of nitrogens with zero attached hydrogens (tertiary/aromatic N) is 2. The van der Waals surface area contributed by atoms with E-state index in [0.717, 1.165) is 36.1 Å². The maximum absolute atomic E-state index is 13.2. The minimum absolute atomic E-state index is 0.183. The first kappa shape index (κ1) is 16.3. The average Bonchev–Trinajstić information content (AvgIpc) is 2.84. The molecular weight excluding hydrogens is 308 g/mol. The molecule has 2 bridgehead atoms. The molecule has 1 aromatic carbocycles. The monoisotopic (exact) mass is 334 g/mol. The van der Waals surface area contributed by atoms with Crippen molar-refractivity contribution in [3.63, 3.8) is 0 Å². The van der Waals surface area contributed by atoms with Gasteiger partial charge < -0.3 is 4.90 Å². The van der Waals surface area contributed by atoms with Gasteiger partial charge in [0.15, 0.2) is 0 Å². The second-order valence-corrected chi connectivity index (χ2v) is 8.96. The molecule has 2 heterocycles. The Morgan fingerprint density at radius 1 is 1.08 bits per heavy atom. The highest BCUT2D eigenvalue weighted by atomic mass is 16.2. The fourth-order valence-corrected chi connectivity index (χ4v) is 5.24. The summed E-state index contributed by atoms with van der Waals surface area (Å²) in [6.07, 6.45) is 7.04. The Morgan fingerprint density at radius 2 is 1.84 bits per heavy atom. The molecule has 1 aromatic heterocycles. The van der Waals surface area contributed by atoms with E-state index in [1.54, 1.807) is 12.4 Å². The summed E-state index contributed by atoms with van der Waals surface area (Å²) in [5, 5.41) is 0. The van der Waals surface area contributed by atoms with Gasteiger partial charge in [0.2, 0.25) is 0 Å². The number of fused-ring (bicyclic) bond motifs is 2. The van der Waals surface area contributed by atoms with Crippen LogP contribution in [0.15, 0.2) is 48.8 Å². The maximum atomic E-state index is 13.2. The number of rotatable bonds is 2. The number of benzene rings is 1. The van der Waals surface area contributed by atoms with Crippen LogP contribution >= 0.6 is 0 Å². The van der Waals surface area contributed by atoms with Gasteiger partial charge in [-0.25, -0.2) is 0 Å². The molecule has 3 heteroatoms. The third-order valence-corrected chi connectivity index (χ3v) is 5.80. The van der Waals surface area contributed by atoms with E-state index in [4.69, 9.17) is 0 Å². The van der Waals surface area contributed by atoms with E-state index in [1.165, 1.54) is 6.42 Å². The quantitative estimate of drug-likeness (QED) is 0.791. The van der Waals surface area contributed by atoms with Crippen molar-refractivity contribution in [2.75, 3.05) is 6.54 Å². The Balaban J connectivity index is 1.62. The minimum atomic E-state index is 0.183. The van der Waals surface area contributed by atoms with Crippen LogP contribution in [0.2, 0.25) is 0 Å². The van der Waals surface area contributed by atoms with Crippen LogP contribution in [0.4, 0.5) is 0 Å². The first-order valence-electron chi connectivity index (χ1n) is 9.17. The summed E-state index contributed by atoms with van der Waals surface area (Å²) in [4.78, 5) is 19.5. The molecule has 2 aromatic rings. The van der Waals surface area contributed by atoms with Gasteiger partial charge in [-0.15, -0.1) is 0 Å². The fraction of sp³-hybridized carbons (Fsp3) is 0.455. The van der Waals surface area contributed by atoms with Crippen LogP contribution in [0.25, 0.3) is 11.1 Å². The topological polar surface area (TPSA) is 33.2 Å². The molecule has 1 amide bonds. The number of hydrogen-bond acceptors (Lipinski definition) is 2. The predicted molar refractivity (Wildman–Crippen MR) is 100 cm³/mol. The van der Waals surface area contributed by atoms with Gasteiger partial charge in [0, 0.05) is 30.5 Å². The summed E-state index contributed by atoms with van der Waals surface area (Å²) in [6.45, 7) is 7.92. The van der Waals surface area contributed by atoms with E-state index in [-0.39, 0.29) is 11.3 Å². The lowest BCUT2D eigenvalue weighted by atomic mass is 9.65. The van der Waals surface area contributed by atoms with E-state index in [9.17, 15) is 4.79 Å². The normalized spacial score (nSPS) is 27.3. The lowest BCUT2D eigenvalue weighted by molar-refractivity contribution is 0.0708. The molecule has 1 saturated carbocycles. The maximum Gasteiger partial charge on any atom is 0.254 e. The summed E-state index contributed by atoms with van der Waals surface area (Å²) in [7, 11) is 0. The fourth-order valence-electron chi connectivity index (χ4n) is 5.24. The molecule has 0 radical (unpaired) electrons. The van der Waals surface area contributed by atoms with Gasteiger partial charge in [-0.2, -0.15) is 0 Å². The number of hydrogen-bond donors (Lipinski definition) is 0. The second-order valence-electron chi connectivity index (χ2n) is 8.96. The van der Waals surface area contributed by atoms with Crippen molar-refractivity contribution < 1.29 is 4.79 Å². The number of pyridine rings is 1. The van der Waals surface area contributed by atoms with E-state index in [2.05, 4.69) is 36.7 Å². The van der Waals surface area contributed by atoms with Gasteiger partial charge in [0.25, 0.3) is 5.91 Å². The van der Waals surface area contributed by atoms with E-state index < -0.39 is 0 Å².